The van der Waals surface area contributed by atoms with Crippen molar-refractivity contribution in [3.8, 4) is 0 Å². The molecule has 2 aromatic rings. The molecule has 0 heterocycles. The van der Waals surface area contributed by atoms with Gasteiger partial charge in [-0.15, -0.1) is 0 Å². The monoisotopic (exact) mass is 318 g/mol. The van der Waals surface area contributed by atoms with Gasteiger partial charge in [-0.2, -0.15) is 0 Å². The van der Waals surface area contributed by atoms with E-state index in [1.54, 1.807) is 0 Å². The fraction of sp³-hybridized carbons (Fsp3) is 0.176. The summed E-state index contributed by atoms with van der Waals surface area (Å²) < 4.78 is 7.40. The SMILES string of the molecule is C=CCC(OC[Se]c1ccccc1)c1ccccc1. The molecular formula is C17H18OSe. The molecule has 0 aliphatic rings. The van der Waals surface area contributed by atoms with Crippen LogP contribution in [0.25, 0.3) is 0 Å². The van der Waals surface area contributed by atoms with Gasteiger partial charge in [-0.1, -0.05) is 0 Å². The summed E-state index contributed by atoms with van der Waals surface area (Å²) in [6.07, 6.45) is 2.91. The Morgan fingerprint density at radius 1 is 1.00 bits per heavy atom. The molecule has 0 fully saturated rings. The second kappa shape index (κ2) is 7.96. The summed E-state index contributed by atoms with van der Waals surface area (Å²) in [6.45, 7) is 3.82. The van der Waals surface area contributed by atoms with Crippen LogP contribution in [0.3, 0.4) is 0 Å². The third-order valence-electron chi connectivity index (χ3n) is 2.79. The van der Waals surface area contributed by atoms with E-state index in [9.17, 15) is 0 Å². The maximum absolute atomic E-state index is 6.03. The zero-order chi connectivity index (χ0) is 13.3. The fourth-order valence-electron chi connectivity index (χ4n) is 1.82. The van der Waals surface area contributed by atoms with Crippen LogP contribution in [0.2, 0.25) is 0 Å². The topological polar surface area (TPSA) is 9.23 Å². The first kappa shape index (κ1) is 14.1. The van der Waals surface area contributed by atoms with Crippen molar-refractivity contribution < 1.29 is 4.74 Å². The molecule has 0 aliphatic heterocycles. The normalized spacial score (nSPS) is 12.0. The Morgan fingerprint density at radius 2 is 1.63 bits per heavy atom. The van der Waals surface area contributed by atoms with Crippen LogP contribution in [0.5, 0.6) is 0 Å². The first-order valence-corrected chi connectivity index (χ1v) is 8.42. The van der Waals surface area contributed by atoms with E-state index in [-0.39, 0.29) is 6.10 Å². The summed E-state index contributed by atoms with van der Waals surface area (Å²) in [6, 6.07) is 20.9. The second-order valence-corrected chi connectivity index (χ2v) is 6.25. The predicted molar refractivity (Wildman–Crippen MR) is 81.8 cm³/mol. The number of rotatable bonds is 7. The molecule has 1 nitrogen and oxygen atoms in total. The average molecular weight is 317 g/mol. The Bertz CT molecular complexity index is 481. The van der Waals surface area contributed by atoms with Crippen molar-refractivity contribution in [1.82, 2.24) is 0 Å². The molecule has 0 saturated heterocycles. The van der Waals surface area contributed by atoms with E-state index in [4.69, 9.17) is 4.74 Å². The molecule has 2 heteroatoms. The minimum absolute atomic E-state index is 0.129. The molecule has 2 rings (SSSR count). The predicted octanol–water partition coefficient (Wildman–Crippen LogP) is 3.31. The Kier molecular flexibility index (Phi) is 5.89. The quantitative estimate of drug-likeness (QED) is 0.562. The zero-order valence-corrected chi connectivity index (χ0v) is 12.6. The Labute approximate surface area is 121 Å². The van der Waals surface area contributed by atoms with Crippen LogP contribution in [-0.4, -0.2) is 20.5 Å². The summed E-state index contributed by atoms with van der Waals surface area (Å²) in [5, 5.41) is 0. The van der Waals surface area contributed by atoms with Crippen molar-refractivity contribution in [1.29, 1.82) is 0 Å². The summed E-state index contributed by atoms with van der Waals surface area (Å²) in [5.41, 5.74) is 2.02. The van der Waals surface area contributed by atoms with Crippen molar-refractivity contribution in [2.75, 3.05) is 5.51 Å². The maximum atomic E-state index is 6.03. The number of hydrogen-bond donors (Lipinski definition) is 0. The van der Waals surface area contributed by atoms with E-state index in [1.165, 1.54) is 10.0 Å². The molecule has 0 amide bonds. The van der Waals surface area contributed by atoms with Crippen molar-refractivity contribution in [3.63, 3.8) is 0 Å². The average Bonchev–Trinajstić information content (AvgIpc) is 2.48. The van der Waals surface area contributed by atoms with Gasteiger partial charge in [-0.05, 0) is 0 Å². The van der Waals surface area contributed by atoms with E-state index in [0.717, 1.165) is 11.9 Å². The van der Waals surface area contributed by atoms with Gasteiger partial charge in [0.2, 0.25) is 0 Å². The van der Waals surface area contributed by atoms with Gasteiger partial charge in [-0.25, -0.2) is 0 Å². The molecule has 0 aliphatic carbocycles. The Hall–Kier alpha value is -1.34. The first-order valence-electron chi connectivity index (χ1n) is 6.35. The van der Waals surface area contributed by atoms with Gasteiger partial charge in [0.1, 0.15) is 0 Å². The third kappa shape index (κ3) is 4.68. The van der Waals surface area contributed by atoms with E-state index in [1.807, 2.05) is 18.2 Å². The van der Waals surface area contributed by atoms with Crippen molar-refractivity contribution in [2.45, 2.75) is 12.5 Å². The molecule has 19 heavy (non-hydrogen) atoms. The molecule has 0 N–H and O–H groups in total. The van der Waals surface area contributed by atoms with E-state index in [0.29, 0.717) is 15.0 Å². The van der Waals surface area contributed by atoms with Gasteiger partial charge in [0.15, 0.2) is 0 Å². The van der Waals surface area contributed by atoms with Crippen LogP contribution in [0.4, 0.5) is 0 Å². The van der Waals surface area contributed by atoms with Crippen LogP contribution in [-0.2, 0) is 4.74 Å². The van der Waals surface area contributed by atoms with Gasteiger partial charge < -0.3 is 0 Å². The van der Waals surface area contributed by atoms with E-state index in [2.05, 4.69) is 55.1 Å². The molecule has 98 valence electrons. The summed E-state index contributed by atoms with van der Waals surface area (Å²) in [5.74, 6) is 0. The number of hydrogen-bond acceptors (Lipinski definition) is 1. The molecule has 1 atom stereocenters. The summed E-state index contributed by atoms with van der Waals surface area (Å²) >= 11 is 0.370. The van der Waals surface area contributed by atoms with Crippen molar-refractivity contribution in [3.05, 3.63) is 78.9 Å². The molecule has 2 aromatic carbocycles. The van der Waals surface area contributed by atoms with Gasteiger partial charge in [0.05, 0.1) is 0 Å². The molecule has 1 unspecified atom stereocenters. The first-order chi connectivity index (χ1) is 9.40. The van der Waals surface area contributed by atoms with Crippen LogP contribution >= 0.6 is 0 Å². The number of benzene rings is 2. The van der Waals surface area contributed by atoms with Crippen molar-refractivity contribution in [2.24, 2.45) is 0 Å². The molecular weight excluding hydrogens is 299 g/mol. The summed E-state index contributed by atoms with van der Waals surface area (Å²) in [4.78, 5) is 0. The molecule has 0 bridgehead atoms. The minimum atomic E-state index is 0.129. The molecule has 0 radical (unpaired) electrons. The van der Waals surface area contributed by atoms with Gasteiger partial charge in [0.25, 0.3) is 0 Å². The molecule has 0 aromatic heterocycles. The zero-order valence-electron chi connectivity index (χ0n) is 10.9. The fourth-order valence-corrected chi connectivity index (χ4v) is 3.33. The Morgan fingerprint density at radius 3 is 2.26 bits per heavy atom. The van der Waals surface area contributed by atoms with Gasteiger partial charge in [0, 0.05) is 0 Å². The second-order valence-electron chi connectivity index (χ2n) is 4.17. The van der Waals surface area contributed by atoms with Crippen LogP contribution in [0, 0.1) is 0 Å². The van der Waals surface area contributed by atoms with Crippen LogP contribution in [0.15, 0.2) is 73.3 Å². The molecule has 0 saturated carbocycles. The third-order valence-corrected chi connectivity index (χ3v) is 4.59. The summed E-state index contributed by atoms with van der Waals surface area (Å²) in [7, 11) is 0. The Balaban J connectivity index is 1.89. The van der Waals surface area contributed by atoms with Gasteiger partial charge in [-0.3, -0.25) is 0 Å². The van der Waals surface area contributed by atoms with Crippen LogP contribution in [0.1, 0.15) is 18.1 Å². The van der Waals surface area contributed by atoms with E-state index >= 15 is 0 Å². The van der Waals surface area contributed by atoms with Gasteiger partial charge >= 0.3 is 121 Å². The van der Waals surface area contributed by atoms with Crippen molar-refractivity contribution >= 4 is 19.4 Å². The number of ether oxygens (including phenoxy) is 1. The standard InChI is InChI=1S/C17H18OSe/c1-2-9-17(15-10-5-3-6-11-15)18-14-19-16-12-7-4-8-13-16/h2-8,10-13,17H,1,9,14H2. The van der Waals surface area contributed by atoms with E-state index < -0.39 is 0 Å². The van der Waals surface area contributed by atoms with Crippen LogP contribution < -0.4 is 4.46 Å². The molecule has 0 spiro atoms.